The van der Waals surface area contributed by atoms with E-state index in [1.54, 1.807) is 6.92 Å². The number of hydrogen-bond acceptors (Lipinski definition) is 5. The second-order valence-corrected chi connectivity index (χ2v) is 5.78. The molecule has 1 heterocycles. The zero-order valence-corrected chi connectivity index (χ0v) is 18.3. The highest BCUT2D eigenvalue weighted by Gasteiger charge is 2.06. The largest absolute Gasteiger partial charge is 0.370 e. The third kappa shape index (κ3) is 7.19. The molecule has 2 rings (SSSR count). The number of benzene rings is 1. The second kappa shape index (κ2) is 11.7. The molecule has 7 nitrogen and oxygen atoms in total. The van der Waals surface area contributed by atoms with E-state index in [9.17, 15) is 0 Å². The van der Waals surface area contributed by atoms with Crippen LogP contribution in [0.5, 0.6) is 0 Å². The summed E-state index contributed by atoms with van der Waals surface area (Å²) >= 11 is 0. The number of guanidine groups is 1. The van der Waals surface area contributed by atoms with E-state index in [1.165, 1.54) is 11.3 Å². The van der Waals surface area contributed by atoms with Crippen LogP contribution in [-0.2, 0) is 6.54 Å². The van der Waals surface area contributed by atoms with Gasteiger partial charge in [0, 0.05) is 31.9 Å². The minimum absolute atomic E-state index is 0. The van der Waals surface area contributed by atoms with Gasteiger partial charge in [-0.2, -0.15) is 4.98 Å². The van der Waals surface area contributed by atoms with Gasteiger partial charge in [0.1, 0.15) is 6.54 Å². The molecule has 1 aromatic carbocycles. The van der Waals surface area contributed by atoms with Crippen molar-refractivity contribution in [2.24, 2.45) is 4.99 Å². The Morgan fingerprint density at radius 2 is 2.04 bits per heavy atom. The molecule has 0 aliphatic rings. The zero-order valence-electron chi connectivity index (χ0n) is 16.0. The van der Waals surface area contributed by atoms with Crippen LogP contribution in [0.15, 0.2) is 33.8 Å². The fraction of sp³-hybridized carbons (Fsp3) is 0.500. The van der Waals surface area contributed by atoms with Crippen molar-refractivity contribution in [3.63, 3.8) is 0 Å². The van der Waals surface area contributed by atoms with Gasteiger partial charge in [-0.05, 0) is 45.4 Å². The number of aromatic nitrogens is 2. The Morgan fingerprint density at radius 1 is 1.23 bits per heavy atom. The molecular formula is C18H29IN6O. The van der Waals surface area contributed by atoms with Gasteiger partial charge >= 0.3 is 0 Å². The smallest absolute Gasteiger partial charge is 0.248 e. The maximum Gasteiger partial charge on any atom is 0.248 e. The fourth-order valence-electron chi connectivity index (χ4n) is 2.50. The van der Waals surface area contributed by atoms with E-state index in [2.05, 4.69) is 68.8 Å². The molecule has 0 aliphatic carbocycles. The summed E-state index contributed by atoms with van der Waals surface area (Å²) in [6, 6.07) is 8.57. The number of rotatable bonds is 8. The number of halogens is 1. The van der Waals surface area contributed by atoms with Crippen molar-refractivity contribution >= 4 is 35.6 Å². The highest BCUT2D eigenvalue weighted by molar-refractivity contribution is 14.0. The molecule has 0 bridgehead atoms. The first-order valence-electron chi connectivity index (χ1n) is 8.75. The number of aryl methyl sites for hydroxylation is 2. The number of anilines is 1. The average molecular weight is 472 g/mol. The Bertz CT molecular complexity index is 688. The number of nitrogens with one attached hydrogen (secondary N) is 2. The van der Waals surface area contributed by atoms with Crippen LogP contribution in [0.3, 0.4) is 0 Å². The minimum atomic E-state index is 0. The van der Waals surface area contributed by atoms with Gasteiger partial charge in [0.2, 0.25) is 5.89 Å². The summed E-state index contributed by atoms with van der Waals surface area (Å²) in [5.41, 5.74) is 2.52. The van der Waals surface area contributed by atoms with Crippen LogP contribution in [0.25, 0.3) is 0 Å². The lowest BCUT2D eigenvalue weighted by Gasteiger charge is -2.24. The first-order valence-corrected chi connectivity index (χ1v) is 8.75. The summed E-state index contributed by atoms with van der Waals surface area (Å²) in [5, 5.41) is 10.4. The highest BCUT2D eigenvalue weighted by Crippen LogP contribution is 2.14. The molecule has 0 aliphatic heterocycles. The summed E-state index contributed by atoms with van der Waals surface area (Å²) in [7, 11) is 0. The Kier molecular flexibility index (Phi) is 10.0. The van der Waals surface area contributed by atoms with E-state index in [1.807, 2.05) is 6.92 Å². The molecule has 0 fully saturated rings. The second-order valence-electron chi connectivity index (χ2n) is 5.78. The van der Waals surface area contributed by atoms with Gasteiger partial charge in [-0.3, -0.25) is 0 Å². The summed E-state index contributed by atoms with van der Waals surface area (Å²) in [6.45, 7) is 11.9. The average Bonchev–Trinajstić information content (AvgIpc) is 3.02. The molecule has 0 amide bonds. The molecule has 0 radical (unpaired) electrons. The van der Waals surface area contributed by atoms with Crippen LogP contribution >= 0.6 is 24.0 Å². The predicted molar refractivity (Wildman–Crippen MR) is 116 cm³/mol. The molecule has 0 saturated carbocycles. The maximum atomic E-state index is 5.09. The summed E-state index contributed by atoms with van der Waals surface area (Å²) < 4.78 is 5.09. The predicted octanol–water partition coefficient (Wildman–Crippen LogP) is 2.89. The highest BCUT2D eigenvalue weighted by atomic mass is 127. The lowest BCUT2D eigenvalue weighted by Crippen LogP contribution is -2.41. The van der Waals surface area contributed by atoms with Crippen molar-refractivity contribution in [3.05, 3.63) is 41.5 Å². The van der Waals surface area contributed by atoms with Gasteiger partial charge in [-0.25, -0.2) is 4.99 Å². The van der Waals surface area contributed by atoms with E-state index in [4.69, 9.17) is 4.52 Å². The van der Waals surface area contributed by atoms with Crippen molar-refractivity contribution in [1.29, 1.82) is 0 Å². The van der Waals surface area contributed by atoms with E-state index >= 15 is 0 Å². The van der Waals surface area contributed by atoms with Crippen LogP contribution in [-0.4, -0.2) is 42.3 Å². The summed E-state index contributed by atoms with van der Waals surface area (Å²) in [6.07, 6.45) is 0. The van der Waals surface area contributed by atoms with Gasteiger partial charge in [-0.1, -0.05) is 17.3 Å². The van der Waals surface area contributed by atoms with E-state index in [-0.39, 0.29) is 24.0 Å². The Morgan fingerprint density at radius 3 is 2.65 bits per heavy atom. The van der Waals surface area contributed by atoms with Crippen LogP contribution in [0.4, 0.5) is 5.69 Å². The number of nitrogens with zero attached hydrogens (tertiary/aromatic N) is 4. The standard InChI is InChI=1S/C18H28N6O.HI/c1-5-19-18(21-13-17-22-15(4)23-25-17)20-10-11-24(6-2)16-9-7-8-14(3)12-16;/h7-9,12H,5-6,10-11,13H2,1-4H3,(H2,19,20,21);1H. The molecule has 1 aromatic heterocycles. The molecule has 8 heteroatoms. The third-order valence-electron chi connectivity index (χ3n) is 3.71. The number of likely N-dealkylation sites (N-methyl/N-ethyl adjacent to an activating group) is 1. The Hall–Kier alpha value is -1.84. The topological polar surface area (TPSA) is 78.6 Å². The minimum Gasteiger partial charge on any atom is -0.370 e. The number of aliphatic imine (C=N–C) groups is 1. The molecule has 2 N–H and O–H groups in total. The molecule has 0 unspecified atom stereocenters. The quantitative estimate of drug-likeness (QED) is 0.350. The zero-order chi connectivity index (χ0) is 18.1. The van der Waals surface area contributed by atoms with E-state index < -0.39 is 0 Å². The normalized spacial score (nSPS) is 11.0. The van der Waals surface area contributed by atoms with Crippen LogP contribution < -0.4 is 15.5 Å². The first kappa shape index (κ1) is 22.2. The maximum absolute atomic E-state index is 5.09. The third-order valence-corrected chi connectivity index (χ3v) is 3.71. The lowest BCUT2D eigenvalue weighted by atomic mass is 10.2. The van der Waals surface area contributed by atoms with Crippen LogP contribution in [0, 0.1) is 13.8 Å². The van der Waals surface area contributed by atoms with Crippen LogP contribution in [0.1, 0.15) is 31.1 Å². The van der Waals surface area contributed by atoms with Crippen molar-refractivity contribution in [3.8, 4) is 0 Å². The molecule has 0 saturated heterocycles. The van der Waals surface area contributed by atoms with Gasteiger partial charge < -0.3 is 20.1 Å². The van der Waals surface area contributed by atoms with Crippen molar-refractivity contribution in [2.75, 3.05) is 31.1 Å². The molecule has 0 spiro atoms. The van der Waals surface area contributed by atoms with Gasteiger partial charge in [0.25, 0.3) is 0 Å². The van der Waals surface area contributed by atoms with Gasteiger partial charge in [0.15, 0.2) is 11.8 Å². The molecule has 26 heavy (non-hydrogen) atoms. The number of hydrogen-bond donors (Lipinski definition) is 2. The monoisotopic (exact) mass is 472 g/mol. The molecular weight excluding hydrogens is 443 g/mol. The molecule has 0 atom stereocenters. The molecule has 144 valence electrons. The van der Waals surface area contributed by atoms with Crippen molar-refractivity contribution in [2.45, 2.75) is 34.2 Å². The molecule has 2 aromatic rings. The Labute approximate surface area is 172 Å². The SMILES string of the molecule is CCNC(=NCc1nc(C)no1)NCCN(CC)c1cccc(C)c1.I. The summed E-state index contributed by atoms with van der Waals surface area (Å²) in [5.74, 6) is 1.89. The lowest BCUT2D eigenvalue weighted by molar-refractivity contribution is 0.376. The van der Waals surface area contributed by atoms with Crippen molar-refractivity contribution in [1.82, 2.24) is 20.8 Å². The van der Waals surface area contributed by atoms with E-state index in [0.717, 1.165) is 32.1 Å². The first-order chi connectivity index (χ1) is 12.1. The fourth-order valence-corrected chi connectivity index (χ4v) is 2.50. The summed E-state index contributed by atoms with van der Waals surface area (Å²) in [4.78, 5) is 11.0. The van der Waals surface area contributed by atoms with Gasteiger partial charge in [-0.15, -0.1) is 24.0 Å². The van der Waals surface area contributed by atoms with Crippen LogP contribution in [0.2, 0.25) is 0 Å². The van der Waals surface area contributed by atoms with Gasteiger partial charge in [0.05, 0.1) is 0 Å². The van der Waals surface area contributed by atoms with E-state index in [0.29, 0.717) is 18.3 Å². The van der Waals surface area contributed by atoms with Crippen molar-refractivity contribution < 1.29 is 4.52 Å². The Balaban J connectivity index is 0.00000338.